The topological polar surface area (TPSA) is 78.4 Å². The molecule has 1 aliphatic heterocycles. The van der Waals surface area contributed by atoms with E-state index >= 15 is 0 Å². The minimum atomic E-state index is -0.465. The van der Waals surface area contributed by atoms with E-state index in [1.165, 1.54) is 4.57 Å². The van der Waals surface area contributed by atoms with Gasteiger partial charge in [-0.1, -0.05) is 20.8 Å². The number of nitriles is 1. The average molecular weight is 311 g/mol. The van der Waals surface area contributed by atoms with Gasteiger partial charge in [0.2, 0.25) is 5.88 Å². The molecule has 0 radical (unpaired) electrons. The molecular formula is C18H21N3O2. The van der Waals surface area contributed by atoms with Crippen molar-refractivity contribution in [2.24, 2.45) is 10.4 Å². The van der Waals surface area contributed by atoms with Crippen LogP contribution in [0.5, 0.6) is 5.88 Å². The number of rotatable bonds is 2. The summed E-state index contributed by atoms with van der Waals surface area (Å²) in [6.45, 7) is 10.0. The van der Waals surface area contributed by atoms with Crippen LogP contribution in [0.1, 0.15) is 44.4 Å². The molecule has 0 atom stereocenters. The van der Waals surface area contributed by atoms with Crippen LogP contribution in [0.25, 0.3) is 6.08 Å². The van der Waals surface area contributed by atoms with Gasteiger partial charge in [0.1, 0.15) is 11.6 Å². The molecule has 1 aromatic rings. The van der Waals surface area contributed by atoms with Crippen LogP contribution in [0.15, 0.2) is 27.1 Å². The molecule has 0 aromatic carbocycles. The number of hydrogen-bond donors (Lipinski definition) is 1. The van der Waals surface area contributed by atoms with E-state index in [9.17, 15) is 15.2 Å². The van der Waals surface area contributed by atoms with E-state index in [0.29, 0.717) is 23.4 Å². The van der Waals surface area contributed by atoms with Gasteiger partial charge in [-0.2, -0.15) is 5.26 Å². The van der Waals surface area contributed by atoms with Crippen LogP contribution >= 0.6 is 0 Å². The Morgan fingerprint density at radius 3 is 2.57 bits per heavy atom. The van der Waals surface area contributed by atoms with Crippen molar-refractivity contribution in [3.63, 3.8) is 0 Å². The van der Waals surface area contributed by atoms with Crippen molar-refractivity contribution >= 4 is 12.3 Å². The van der Waals surface area contributed by atoms with Crippen LogP contribution < -0.4 is 5.56 Å². The predicted molar refractivity (Wildman–Crippen MR) is 91.5 cm³/mol. The van der Waals surface area contributed by atoms with Gasteiger partial charge in [-0.3, -0.25) is 14.4 Å². The van der Waals surface area contributed by atoms with Crippen molar-refractivity contribution < 1.29 is 5.11 Å². The molecule has 2 heterocycles. The van der Waals surface area contributed by atoms with Gasteiger partial charge in [-0.25, -0.2) is 0 Å². The van der Waals surface area contributed by atoms with E-state index in [0.717, 1.165) is 5.57 Å². The van der Waals surface area contributed by atoms with Crippen LogP contribution in [0, 0.1) is 23.7 Å². The van der Waals surface area contributed by atoms with Crippen molar-refractivity contribution in [3.8, 4) is 11.9 Å². The summed E-state index contributed by atoms with van der Waals surface area (Å²) in [5, 5.41) is 19.6. The van der Waals surface area contributed by atoms with Gasteiger partial charge in [-0.15, -0.1) is 0 Å². The van der Waals surface area contributed by atoms with Gasteiger partial charge in [0, 0.05) is 18.3 Å². The normalized spacial score (nSPS) is 15.8. The number of pyridine rings is 1. The number of aromatic nitrogens is 1. The molecule has 0 aliphatic carbocycles. The molecule has 5 heteroatoms. The molecule has 0 spiro atoms. The molecular weight excluding hydrogens is 290 g/mol. The third kappa shape index (κ3) is 2.98. The highest BCUT2D eigenvalue weighted by Crippen LogP contribution is 2.31. The second-order valence-electron chi connectivity index (χ2n) is 6.58. The van der Waals surface area contributed by atoms with Crippen molar-refractivity contribution in [3.05, 3.63) is 44.4 Å². The zero-order valence-corrected chi connectivity index (χ0v) is 14.1. The highest BCUT2D eigenvalue weighted by Gasteiger charge is 2.21. The standard InChI is InChI=1S/C18H21N3O2/c1-6-21-16(22)14(11(2)15(9-19)17(21)23)8-13-7-12(10-20-13)18(3,4)5/h7-8,10,22H,6H2,1-5H3. The highest BCUT2D eigenvalue weighted by atomic mass is 16.3. The van der Waals surface area contributed by atoms with Crippen LogP contribution in [0.3, 0.4) is 0 Å². The summed E-state index contributed by atoms with van der Waals surface area (Å²) < 4.78 is 1.20. The van der Waals surface area contributed by atoms with Crippen LogP contribution in [-0.4, -0.2) is 15.9 Å². The Bertz CT molecular complexity index is 841. The molecule has 120 valence electrons. The molecule has 23 heavy (non-hydrogen) atoms. The fourth-order valence-electron chi connectivity index (χ4n) is 2.45. The molecule has 0 unspecified atom stereocenters. The van der Waals surface area contributed by atoms with E-state index < -0.39 is 5.56 Å². The lowest BCUT2D eigenvalue weighted by molar-refractivity contribution is 0.409. The van der Waals surface area contributed by atoms with Gasteiger partial charge in [0.25, 0.3) is 5.56 Å². The Balaban J connectivity index is 2.66. The lowest BCUT2D eigenvalue weighted by Crippen LogP contribution is -2.24. The van der Waals surface area contributed by atoms with Gasteiger partial charge in [0.15, 0.2) is 0 Å². The second-order valence-corrected chi connectivity index (χ2v) is 6.58. The van der Waals surface area contributed by atoms with Gasteiger partial charge < -0.3 is 5.11 Å². The molecule has 0 fully saturated rings. The van der Waals surface area contributed by atoms with E-state index in [1.807, 2.05) is 12.1 Å². The number of hydrogen-bond acceptors (Lipinski definition) is 4. The smallest absolute Gasteiger partial charge is 0.271 e. The third-order valence-corrected chi connectivity index (χ3v) is 3.98. The SMILES string of the molecule is CCn1c(O)c(C=C2C=C(C(C)(C)C)C=N2)c(C)c(C#N)c1=O. The lowest BCUT2D eigenvalue weighted by Gasteiger charge is -2.17. The second kappa shape index (κ2) is 5.88. The zero-order chi connectivity index (χ0) is 17.4. The quantitative estimate of drug-likeness (QED) is 0.911. The van der Waals surface area contributed by atoms with E-state index in [1.54, 1.807) is 26.1 Å². The molecule has 0 bridgehead atoms. The number of aliphatic imine (C=N–C) groups is 1. The minimum absolute atomic E-state index is 0.0177. The average Bonchev–Trinajstić information content (AvgIpc) is 2.93. The summed E-state index contributed by atoms with van der Waals surface area (Å²) in [4.78, 5) is 16.5. The molecule has 0 saturated carbocycles. The molecule has 1 aromatic heterocycles. The maximum absolute atomic E-state index is 12.2. The fraction of sp³-hybridized carbons (Fsp3) is 0.389. The molecule has 0 saturated heterocycles. The van der Waals surface area contributed by atoms with Gasteiger partial charge >= 0.3 is 0 Å². The van der Waals surface area contributed by atoms with Crippen molar-refractivity contribution in [1.82, 2.24) is 4.57 Å². The summed E-state index contributed by atoms with van der Waals surface area (Å²) >= 11 is 0. The van der Waals surface area contributed by atoms with Crippen molar-refractivity contribution in [2.45, 2.75) is 41.2 Å². The third-order valence-electron chi connectivity index (χ3n) is 3.98. The van der Waals surface area contributed by atoms with Crippen LogP contribution in [0.4, 0.5) is 0 Å². The first kappa shape index (κ1) is 16.8. The molecule has 5 nitrogen and oxygen atoms in total. The summed E-state index contributed by atoms with van der Waals surface area (Å²) in [7, 11) is 0. The summed E-state index contributed by atoms with van der Waals surface area (Å²) in [5.41, 5.74) is 2.28. The number of nitrogens with zero attached hydrogens (tertiary/aromatic N) is 3. The van der Waals surface area contributed by atoms with Crippen LogP contribution in [0.2, 0.25) is 0 Å². The maximum Gasteiger partial charge on any atom is 0.271 e. The Hall–Kier alpha value is -2.61. The first-order chi connectivity index (χ1) is 10.7. The first-order valence-electron chi connectivity index (χ1n) is 7.55. The predicted octanol–water partition coefficient (Wildman–Crippen LogP) is 3.15. The summed E-state index contributed by atoms with van der Waals surface area (Å²) in [6.07, 6.45) is 5.47. The van der Waals surface area contributed by atoms with Gasteiger partial charge in [-0.05, 0) is 42.6 Å². The van der Waals surface area contributed by atoms with Gasteiger partial charge in [0.05, 0.1) is 5.70 Å². The first-order valence-corrected chi connectivity index (χ1v) is 7.55. The van der Waals surface area contributed by atoms with Crippen molar-refractivity contribution in [2.75, 3.05) is 0 Å². The Morgan fingerprint density at radius 1 is 1.43 bits per heavy atom. The largest absolute Gasteiger partial charge is 0.494 e. The molecule has 0 amide bonds. The summed E-state index contributed by atoms with van der Waals surface area (Å²) in [6, 6.07) is 1.94. The summed E-state index contributed by atoms with van der Waals surface area (Å²) in [5.74, 6) is -0.130. The molecule has 2 rings (SSSR count). The number of allylic oxidation sites excluding steroid dienone is 2. The fourth-order valence-corrected chi connectivity index (χ4v) is 2.45. The Labute approximate surface area is 135 Å². The molecule has 1 aliphatic rings. The maximum atomic E-state index is 12.2. The number of aromatic hydroxyl groups is 1. The molecule has 1 N–H and O–H groups in total. The monoisotopic (exact) mass is 311 g/mol. The highest BCUT2D eigenvalue weighted by molar-refractivity contribution is 5.87. The van der Waals surface area contributed by atoms with Crippen LogP contribution in [-0.2, 0) is 6.54 Å². The van der Waals surface area contributed by atoms with E-state index in [2.05, 4.69) is 25.8 Å². The van der Waals surface area contributed by atoms with Crippen molar-refractivity contribution in [1.29, 1.82) is 5.26 Å². The Kier molecular flexibility index (Phi) is 4.28. The van der Waals surface area contributed by atoms with E-state index in [4.69, 9.17) is 0 Å². The van der Waals surface area contributed by atoms with E-state index in [-0.39, 0.29) is 16.9 Å². The minimum Gasteiger partial charge on any atom is -0.494 e. The lowest BCUT2D eigenvalue weighted by atomic mass is 9.87. The Morgan fingerprint density at radius 2 is 2.09 bits per heavy atom. The zero-order valence-electron chi connectivity index (χ0n) is 14.1.